The lowest BCUT2D eigenvalue weighted by Crippen LogP contribution is -2.01. The zero-order chi connectivity index (χ0) is 11.4. The summed E-state index contributed by atoms with van der Waals surface area (Å²) in [6.07, 6.45) is 1.69. The van der Waals surface area contributed by atoms with Crippen LogP contribution in [0, 0.1) is 0 Å². The second-order valence-electron chi connectivity index (χ2n) is 3.45. The van der Waals surface area contributed by atoms with E-state index in [-0.39, 0.29) is 0 Å². The van der Waals surface area contributed by atoms with Gasteiger partial charge < -0.3 is 11.1 Å². The van der Waals surface area contributed by atoms with Gasteiger partial charge in [0, 0.05) is 29.0 Å². The van der Waals surface area contributed by atoms with E-state index in [1.807, 2.05) is 18.2 Å². The number of hydrogen-bond donors (Lipinski definition) is 2. The molecule has 1 aromatic heterocycles. The van der Waals surface area contributed by atoms with Crippen LogP contribution in [0.15, 0.2) is 47.1 Å². The van der Waals surface area contributed by atoms with Crippen molar-refractivity contribution in [1.82, 2.24) is 4.98 Å². The van der Waals surface area contributed by atoms with Gasteiger partial charge in [-0.3, -0.25) is 0 Å². The van der Waals surface area contributed by atoms with E-state index in [2.05, 4.69) is 38.4 Å². The molecule has 0 fully saturated rings. The third kappa shape index (κ3) is 2.97. The van der Waals surface area contributed by atoms with Crippen molar-refractivity contribution in [3.63, 3.8) is 0 Å². The molecule has 0 aliphatic rings. The molecule has 0 spiro atoms. The highest BCUT2D eigenvalue weighted by atomic mass is 79.9. The molecule has 0 atom stereocenters. The summed E-state index contributed by atoms with van der Waals surface area (Å²) in [7, 11) is 0. The maximum atomic E-state index is 5.66. The van der Waals surface area contributed by atoms with Crippen LogP contribution in [0.3, 0.4) is 0 Å². The topological polar surface area (TPSA) is 50.9 Å². The highest BCUT2D eigenvalue weighted by Crippen LogP contribution is 2.13. The first-order valence-electron chi connectivity index (χ1n) is 4.94. The summed E-state index contributed by atoms with van der Waals surface area (Å²) in [5.41, 5.74) is 7.58. The molecule has 82 valence electrons. The van der Waals surface area contributed by atoms with Gasteiger partial charge in [0.25, 0.3) is 0 Å². The maximum Gasteiger partial charge on any atom is 0.128 e. The molecule has 0 amide bonds. The molecule has 0 saturated heterocycles. The van der Waals surface area contributed by atoms with Crippen LogP contribution in [0.25, 0.3) is 0 Å². The zero-order valence-electron chi connectivity index (χ0n) is 8.65. The Morgan fingerprint density at radius 2 is 1.94 bits per heavy atom. The molecular formula is C12H12BrN3. The fourth-order valence-corrected chi connectivity index (χ4v) is 1.60. The molecule has 4 heteroatoms. The summed E-state index contributed by atoms with van der Waals surface area (Å²) >= 11 is 3.40. The van der Waals surface area contributed by atoms with Gasteiger partial charge in [0.05, 0.1) is 0 Å². The van der Waals surface area contributed by atoms with Gasteiger partial charge in [0.1, 0.15) is 5.82 Å². The third-order valence-electron chi connectivity index (χ3n) is 2.17. The first-order chi connectivity index (χ1) is 7.74. The molecule has 3 N–H and O–H groups in total. The van der Waals surface area contributed by atoms with Crippen molar-refractivity contribution in [3.8, 4) is 0 Å². The second kappa shape index (κ2) is 4.99. The van der Waals surface area contributed by atoms with Crippen molar-refractivity contribution in [2.75, 3.05) is 11.1 Å². The number of anilines is 2. The highest BCUT2D eigenvalue weighted by molar-refractivity contribution is 9.10. The smallest absolute Gasteiger partial charge is 0.128 e. The lowest BCUT2D eigenvalue weighted by Gasteiger charge is -2.06. The summed E-state index contributed by atoms with van der Waals surface area (Å²) in [6, 6.07) is 11.7. The van der Waals surface area contributed by atoms with Crippen LogP contribution in [-0.2, 0) is 6.54 Å². The molecular weight excluding hydrogens is 266 g/mol. The Kier molecular flexibility index (Phi) is 3.41. The molecule has 0 aliphatic heterocycles. The minimum absolute atomic E-state index is 0.716. The average Bonchev–Trinajstić information content (AvgIpc) is 2.28. The Labute approximate surface area is 103 Å². The number of rotatable bonds is 3. The first-order valence-corrected chi connectivity index (χ1v) is 5.73. The number of nitrogens with two attached hydrogens (primary N) is 1. The number of nitrogen functional groups attached to an aromatic ring is 1. The monoisotopic (exact) mass is 277 g/mol. The molecule has 1 heterocycles. The first kappa shape index (κ1) is 11.0. The van der Waals surface area contributed by atoms with E-state index < -0.39 is 0 Å². The number of aromatic nitrogens is 1. The van der Waals surface area contributed by atoms with E-state index in [1.165, 1.54) is 5.56 Å². The van der Waals surface area contributed by atoms with Crippen LogP contribution < -0.4 is 11.1 Å². The molecule has 2 aromatic rings. The van der Waals surface area contributed by atoms with Gasteiger partial charge in [-0.25, -0.2) is 4.98 Å². The molecule has 0 unspecified atom stereocenters. The molecule has 0 aliphatic carbocycles. The van der Waals surface area contributed by atoms with Gasteiger partial charge >= 0.3 is 0 Å². The molecule has 16 heavy (non-hydrogen) atoms. The van der Waals surface area contributed by atoms with E-state index in [0.717, 1.165) is 16.8 Å². The Hall–Kier alpha value is -1.55. The van der Waals surface area contributed by atoms with Gasteiger partial charge in [-0.2, -0.15) is 0 Å². The number of nitrogens with one attached hydrogen (secondary N) is 1. The van der Waals surface area contributed by atoms with Crippen molar-refractivity contribution >= 4 is 27.4 Å². The molecule has 0 bridgehead atoms. The van der Waals surface area contributed by atoms with E-state index in [9.17, 15) is 0 Å². The molecule has 0 radical (unpaired) electrons. The van der Waals surface area contributed by atoms with Crippen molar-refractivity contribution in [3.05, 3.63) is 52.6 Å². The number of nitrogens with zero attached hydrogens (tertiary/aromatic N) is 1. The molecule has 2 rings (SSSR count). The summed E-state index contributed by atoms with van der Waals surface area (Å²) in [4.78, 5) is 4.17. The minimum atomic E-state index is 0.716. The van der Waals surface area contributed by atoms with E-state index in [1.54, 1.807) is 12.3 Å². The summed E-state index contributed by atoms with van der Waals surface area (Å²) < 4.78 is 1.08. The fraction of sp³-hybridized carbons (Fsp3) is 0.0833. The van der Waals surface area contributed by atoms with Gasteiger partial charge in [-0.05, 0) is 23.8 Å². The number of halogens is 1. The van der Waals surface area contributed by atoms with Crippen LogP contribution in [0.5, 0.6) is 0 Å². The fourth-order valence-electron chi connectivity index (χ4n) is 1.34. The Bertz CT molecular complexity index is 468. The second-order valence-corrected chi connectivity index (χ2v) is 4.37. The normalized spacial score (nSPS) is 10.1. The Morgan fingerprint density at radius 3 is 2.62 bits per heavy atom. The lowest BCUT2D eigenvalue weighted by atomic mass is 10.2. The number of benzene rings is 1. The predicted octanol–water partition coefficient (Wildman–Crippen LogP) is 3.04. The maximum absolute atomic E-state index is 5.66. The number of hydrogen-bond acceptors (Lipinski definition) is 3. The molecule has 1 aromatic carbocycles. The van der Waals surface area contributed by atoms with Crippen molar-refractivity contribution in [2.24, 2.45) is 0 Å². The van der Waals surface area contributed by atoms with E-state index >= 15 is 0 Å². The van der Waals surface area contributed by atoms with Crippen molar-refractivity contribution in [1.29, 1.82) is 0 Å². The largest absolute Gasteiger partial charge is 0.399 e. The van der Waals surface area contributed by atoms with E-state index in [4.69, 9.17) is 5.73 Å². The van der Waals surface area contributed by atoms with Crippen LogP contribution in [0.2, 0.25) is 0 Å². The highest BCUT2D eigenvalue weighted by Gasteiger charge is 1.95. The lowest BCUT2D eigenvalue weighted by molar-refractivity contribution is 1.11. The van der Waals surface area contributed by atoms with Gasteiger partial charge in [-0.1, -0.05) is 28.1 Å². The standard InChI is InChI=1S/C12H12BrN3/c13-10-3-1-9(2-4-10)8-16-12-7-11(14)5-6-15-12/h1-7H,8H2,(H3,14,15,16). The van der Waals surface area contributed by atoms with Gasteiger partial charge in [-0.15, -0.1) is 0 Å². The Morgan fingerprint density at radius 1 is 1.19 bits per heavy atom. The minimum Gasteiger partial charge on any atom is -0.399 e. The van der Waals surface area contributed by atoms with Crippen LogP contribution >= 0.6 is 15.9 Å². The van der Waals surface area contributed by atoms with E-state index in [0.29, 0.717) is 5.69 Å². The zero-order valence-corrected chi connectivity index (χ0v) is 10.2. The van der Waals surface area contributed by atoms with Crippen LogP contribution in [0.4, 0.5) is 11.5 Å². The quantitative estimate of drug-likeness (QED) is 0.907. The van der Waals surface area contributed by atoms with Gasteiger partial charge in [0.2, 0.25) is 0 Å². The molecule has 3 nitrogen and oxygen atoms in total. The average molecular weight is 278 g/mol. The van der Waals surface area contributed by atoms with Crippen LogP contribution in [0.1, 0.15) is 5.56 Å². The molecule has 0 saturated carbocycles. The van der Waals surface area contributed by atoms with Crippen molar-refractivity contribution < 1.29 is 0 Å². The third-order valence-corrected chi connectivity index (χ3v) is 2.70. The summed E-state index contributed by atoms with van der Waals surface area (Å²) in [6.45, 7) is 0.740. The van der Waals surface area contributed by atoms with Crippen LogP contribution in [-0.4, -0.2) is 4.98 Å². The Balaban J connectivity index is 1.99. The van der Waals surface area contributed by atoms with Crippen molar-refractivity contribution in [2.45, 2.75) is 6.54 Å². The summed E-state index contributed by atoms with van der Waals surface area (Å²) in [5, 5.41) is 3.21. The SMILES string of the molecule is Nc1ccnc(NCc2ccc(Br)cc2)c1. The summed E-state index contributed by atoms with van der Waals surface area (Å²) in [5.74, 6) is 0.794. The number of pyridine rings is 1. The predicted molar refractivity (Wildman–Crippen MR) is 70.1 cm³/mol. The van der Waals surface area contributed by atoms with Gasteiger partial charge in [0.15, 0.2) is 0 Å².